The highest BCUT2D eigenvalue weighted by molar-refractivity contribution is 5.78. The Morgan fingerprint density at radius 2 is 0.319 bits per heavy atom. The largest absolute Gasteiger partial charge is 0.466 e. The Bertz CT molecular complexity index is 2330. The maximum atomic E-state index is 14.1. The predicted octanol–water partition coefficient (Wildman–Crippen LogP) is 18.0. The van der Waals surface area contributed by atoms with Gasteiger partial charge in [0, 0.05) is 0 Å². The third-order valence-electron chi connectivity index (χ3n) is 12.6. The molecule has 0 saturated carbocycles. The van der Waals surface area contributed by atoms with Crippen LogP contribution < -0.4 is 0 Å². The van der Waals surface area contributed by atoms with Gasteiger partial charge < -0.3 is 18.9 Å². The lowest BCUT2D eigenvalue weighted by molar-refractivity contribution is -0.474. The van der Waals surface area contributed by atoms with E-state index < -0.39 is 195 Å². The van der Waals surface area contributed by atoms with Crippen LogP contribution in [0.15, 0.2) is 0 Å². The van der Waals surface area contributed by atoms with Crippen LogP contribution in [0.25, 0.3) is 0 Å². The second-order valence-corrected chi connectivity index (χ2v) is 19.5. The molecule has 8 nitrogen and oxygen atoms in total. The summed E-state index contributed by atoms with van der Waals surface area (Å²) in [5.41, 5.74) is 0. The fraction of sp³-hybridized carbons (Fsp3) is 0.909. The van der Waals surface area contributed by atoms with Crippen molar-refractivity contribution >= 4 is 23.9 Å². The Hall–Kier alpha value is -5.06. The molecule has 0 rings (SSSR count). The van der Waals surface area contributed by atoms with Gasteiger partial charge in [-0.25, -0.2) is 0 Å². The highest BCUT2D eigenvalue weighted by atomic mass is 19.5. The highest BCUT2D eigenvalue weighted by Gasteiger charge is 3.00. The third-order valence-corrected chi connectivity index (χ3v) is 12.6. The van der Waals surface area contributed by atoms with Crippen molar-refractivity contribution in [3.05, 3.63) is 0 Å². The maximum absolute atomic E-state index is 14.1. The number of hydrogen-bond acceptors (Lipinski definition) is 8. The first-order valence-electron chi connectivity index (χ1n) is 24.8. The fourth-order valence-electron chi connectivity index (χ4n) is 6.77. The summed E-state index contributed by atoms with van der Waals surface area (Å²) in [7, 11) is 0. The number of carbonyl (C=O) groups excluding carboxylic acids is 4. The van der Waals surface area contributed by atoms with Crippen molar-refractivity contribution in [2.75, 3.05) is 26.4 Å². The van der Waals surface area contributed by atoms with E-state index in [4.69, 9.17) is 0 Å². The zero-order valence-electron chi connectivity index (χ0n) is 45.3. The van der Waals surface area contributed by atoms with Crippen molar-refractivity contribution in [2.45, 2.75) is 222 Å². The first-order valence-corrected chi connectivity index (χ1v) is 24.8. The second kappa shape index (κ2) is 29.2. The van der Waals surface area contributed by atoms with Crippen LogP contribution in [0.1, 0.15) is 103 Å². The zero-order valence-corrected chi connectivity index (χ0v) is 45.3. The van der Waals surface area contributed by atoms with E-state index in [9.17, 15) is 204 Å². The van der Waals surface area contributed by atoms with Gasteiger partial charge in [0.15, 0.2) is 0 Å². The lowest BCUT2D eigenvalue weighted by Gasteiger charge is -2.44. The average Bonchev–Trinajstić information content (AvgIpc) is 0.696. The van der Waals surface area contributed by atoms with Gasteiger partial charge in [-0.3, -0.25) is 19.2 Å². The van der Waals surface area contributed by atoms with E-state index in [-0.39, 0.29) is 26.1 Å². The molecule has 0 bridgehead atoms. The minimum Gasteiger partial charge on any atom is -0.466 e. The molecule has 0 aromatic heterocycles. The summed E-state index contributed by atoms with van der Waals surface area (Å²) < 4.78 is 585. The molecule has 0 N–H and O–H groups in total. The Morgan fingerprint density at radius 1 is 0.181 bits per heavy atom. The normalized spacial score (nSPS) is 15.3. The topological polar surface area (TPSA) is 105 Å². The SMILES string of the molecule is O=C(CCC(=O)OCCC(F)(F)C(F)(F)C(F)(F)C(F)(F)C(F)(F)C(F)(F)C(F)(F)C(F)(F)C(F)(F)C(F)(F)F)OCCCCCCCCCCCCOC(=O)CCC(=O)OCCC(F)(F)C(F)(F)C(F)(F)C(F)(F)C(F)(F)C(F)(F)C(F)(F)C(F)(F)C(F)(F)C(F)(F)F. The molecule has 50 heteroatoms. The predicted molar refractivity (Wildman–Crippen MR) is 219 cm³/mol. The molecule has 0 aliphatic heterocycles. The van der Waals surface area contributed by atoms with Gasteiger partial charge in [-0.05, 0) is 12.8 Å². The quantitative estimate of drug-likeness (QED) is 0.0258. The lowest BCUT2D eigenvalue weighted by Crippen LogP contribution is -2.76. The lowest BCUT2D eigenvalue weighted by atomic mass is 9.86. The molecule has 0 aliphatic rings. The number of hydrogen-bond donors (Lipinski definition) is 0. The van der Waals surface area contributed by atoms with E-state index >= 15 is 0 Å². The van der Waals surface area contributed by atoms with E-state index in [1.807, 2.05) is 0 Å². The van der Waals surface area contributed by atoms with Crippen LogP contribution >= 0.6 is 0 Å². The van der Waals surface area contributed by atoms with E-state index in [1.165, 1.54) is 0 Å². The summed E-state index contributed by atoms with van der Waals surface area (Å²) >= 11 is 0. The number of esters is 4. The van der Waals surface area contributed by atoms with Gasteiger partial charge in [0.2, 0.25) is 0 Å². The molecular weight excluding hydrogens is 1450 g/mol. The van der Waals surface area contributed by atoms with Crippen molar-refractivity contribution in [2.24, 2.45) is 0 Å². The first-order chi connectivity index (χ1) is 41.3. The van der Waals surface area contributed by atoms with Gasteiger partial charge in [0.1, 0.15) is 0 Å². The summed E-state index contributed by atoms with van der Waals surface area (Å²) in [6.45, 7) is -5.48. The van der Waals surface area contributed by atoms with Crippen molar-refractivity contribution < 1.29 is 223 Å². The number of unbranched alkanes of at least 4 members (excludes halogenated alkanes) is 9. The Morgan fingerprint density at radius 3 is 0.489 bits per heavy atom. The number of halogens is 42. The molecule has 558 valence electrons. The number of carbonyl (C=O) groups is 4. The minimum absolute atomic E-state index is 0.118. The van der Waals surface area contributed by atoms with Crippen molar-refractivity contribution in [3.8, 4) is 0 Å². The molecule has 0 heterocycles. The standard InChI is InChI=1S/C44H40F42O8/c45-25(46,27(49,50)29(53,54)31(57,58)33(61,62)35(65,66)37(69,70)39(73,74)41(77,78)43(81,82)83)15-19-93-23(89)13-11-21(87)91-17-9-7-5-3-1-2-4-6-8-10-18-92-22(88)12-14-24(90)94-20-16-26(47,48)28(51,52)30(55,56)32(59,60)34(63,64)36(67,68)38(71,72)40(75,76)42(79,80)44(84,85)86/h1-20H2. The number of rotatable bonds is 41. The molecule has 0 atom stereocenters. The Labute approximate surface area is 494 Å². The van der Waals surface area contributed by atoms with Crippen LogP contribution in [0, 0.1) is 0 Å². The molecule has 0 saturated heterocycles. The summed E-state index contributed by atoms with van der Waals surface area (Å²) in [5, 5.41) is 0. The molecule has 0 unspecified atom stereocenters. The van der Waals surface area contributed by atoms with Crippen LogP contribution in [-0.2, 0) is 38.1 Å². The van der Waals surface area contributed by atoms with Gasteiger partial charge in [-0.15, -0.1) is 0 Å². The van der Waals surface area contributed by atoms with E-state index in [1.54, 1.807) is 0 Å². The van der Waals surface area contributed by atoms with Crippen molar-refractivity contribution in [1.29, 1.82) is 0 Å². The van der Waals surface area contributed by atoms with Crippen LogP contribution in [-0.4, -0.2) is 169 Å². The number of ether oxygens (including phenoxy) is 4. The van der Waals surface area contributed by atoms with E-state index in [0.717, 1.165) is 0 Å². The monoisotopic (exact) mass is 1490 g/mol. The molecule has 0 amide bonds. The molecule has 0 aromatic rings. The van der Waals surface area contributed by atoms with Gasteiger partial charge >= 0.3 is 143 Å². The molecule has 0 aliphatic carbocycles. The van der Waals surface area contributed by atoms with Gasteiger partial charge in [-0.2, -0.15) is 184 Å². The second-order valence-electron chi connectivity index (χ2n) is 19.5. The Balaban J connectivity index is 4.84. The van der Waals surface area contributed by atoms with Crippen LogP contribution in [0.4, 0.5) is 184 Å². The highest BCUT2D eigenvalue weighted by Crippen LogP contribution is 2.69. The minimum atomic E-state index is -9.36. The molecule has 0 aromatic carbocycles. The smallest absolute Gasteiger partial charge is 0.460 e. The molecular formula is C44H40F42O8. The molecule has 0 spiro atoms. The maximum Gasteiger partial charge on any atom is 0.460 e. The first kappa shape index (κ1) is 88.9. The third kappa shape index (κ3) is 16.4. The molecule has 0 radical (unpaired) electrons. The summed E-state index contributed by atoms with van der Waals surface area (Å²) in [4.78, 5) is 47.0. The number of alkyl halides is 42. The van der Waals surface area contributed by atoms with Crippen LogP contribution in [0.2, 0.25) is 0 Å². The Kier molecular flexibility index (Phi) is 27.6. The van der Waals surface area contributed by atoms with Crippen LogP contribution in [0.3, 0.4) is 0 Å². The summed E-state index contributed by atoms with van der Waals surface area (Å²) in [6, 6.07) is 0. The van der Waals surface area contributed by atoms with E-state index in [2.05, 4.69) is 18.9 Å². The van der Waals surface area contributed by atoms with Crippen molar-refractivity contribution in [3.63, 3.8) is 0 Å². The molecule has 0 fully saturated rings. The van der Waals surface area contributed by atoms with Crippen molar-refractivity contribution in [1.82, 2.24) is 0 Å². The molecule has 94 heavy (non-hydrogen) atoms. The zero-order chi connectivity index (χ0) is 75.3. The van der Waals surface area contributed by atoms with E-state index in [0.29, 0.717) is 51.4 Å². The van der Waals surface area contributed by atoms with Crippen LogP contribution in [0.5, 0.6) is 0 Å². The average molecular weight is 1490 g/mol. The van der Waals surface area contributed by atoms with Gasteiger partial charge in [0.05, 0.1) is 65.0 Å². The van der Waals surface area contributed by atoms with Gasteiger partial charge in [0.25, 0.3) is 0 Å². The summed E-state index contributed by atoms with van der Waals surface area (Å²) in [6.07, 6.45) is -23.2. The van der Waals surface area contributed by atoms with Gasteiger partial charge in [-0.1, -0.05) is 51.4 Å². The summed E-state index contributed by atoms with van der Waals surface area (Å²) in [5.74, 6) is -164. The fourth-order valence-corrected chi connectivity index (χ4v) is 6.77.